The summed E-state index contributed by atoms with van der Waals surface area (Å²) in [5.41, 5.74) is 0.977. The summed E-state index contributed by atoms with van der Waals surface area (Å²) >= 11 is 3.39. The van der Waals surface area contributed by atoms with Gasteiger partial charge in [-0.05, 0) is 54.1 Å². The molecule has 156 valence electrons. The number of carbonyl (C=O) groups excluding carboxylic acids is 1. The van der Waals surface area contributed by atoms with Gasteiger partial charge in [0.25, 0.3) is 5.91 Å². The molecule has 0 radical (unpaired) electrons. The van der Waals surface area contributed by atoms with Crippen LogP contribution in [0.15, 0.2) is 63.6 Å². The van der Waals surface area contributed by atoms with Crippen LogP contribution in [0.4, 0.5) is 5.82 Å². The number of aromatic nitrogens is 1. The molecule has 3 aromatic rings. The third-order valence-corrected chi connectivity index (χ3v) is 5.21. The van der Waals surface area contributed by atoms with Crippen molar-refractivity contribution in [3.8, 4) is 5.75 Å². The van der Waals surface area contributed by atoms with Crippen molar-refractivity contribution in [1.29, 1.82) is 0 Å². The number of ether oxygens (including phenoxy) is 2. The first kappa shape index (κ1) is 20.4. The molecule has 1 saturated heterocycles. The van der Waals surface area contributed by atoms with Gasteiger partial charge in [-0.25, -0.2) is 4.98 Å². The summed E-state index contributed by atoms with van der Waals surface area (Å²) in [6, 6.07) is 14.8. The number of carbonyl (C=O) groups is 1. The molecule has 2 aromatic heterocycles. The molecule has 8 heteroatoms. The number of furan rings is 1. The van der Waals surface area contributed by atoms with E-state index in [4.69, 9.17) is 13.9 Å². The number of hydrogen-bond acceptors (Lipinski definition) is 6. The fraction of sp³-hybridized carbons (Fsp3) is 0.273. The number of anilines is 1. The summed E-state index contributed by atoms with van der Waals surface area (Å²) in [6.07, 6.45) is 1.76. The summed E-state index contributed by atoms with van der Waals surface area (Å²) in [6.45, 7) is 3.69. The Morgan fingerprint density at radius 2 is 1.93 bits per heavy atom. The van der Waals surface area contributed by atoms with Crippen LogP contribution in [0, 0.1) is 0 Å². The lowest BCUT2D eigenvalue weighted by atomic mass is 10.2. The largest absolute Gasteiger partial charge is 0.486 e. The smallest absolute Gasteiger partial charge is 0.287 e. The van der Waals surface area contributed by atoms with E-state index in [9.17, 15) is 4.79 Å². The predicted octanol–water partition coefficient (Wildman–Crippen LogP) is 3.78. The topological polar surface area (TPSA) is 76.8 Å². The number of amides is 1. The Morgan fingerprint density at radius 3 is 2.73 bits per heavy atom. The van der Waals surface area contributed by atoms with Crippen LogP contribution >= 0.6 is 15.9 Å². The van der Waals surface area contributed by atoms with Crippen molar-refractivity contribution in [3.63, 3.8) is 0 Å². The van der Waals surface area contributed by atoms with Crippen molar-refractivity contribution < 1.29 is 18.7 Å². The van der Waals surface area contributed by atoms with Gasteiger partial charge in [0.15, 0.2) is 5.76 Å². The molecule has 1 amide bonds. The van der Waals surface area contributed by atoms with Gasteiger partial charge in [0.2, 0.25) is 0 Å². The highest BCUT2D eigenvalue weighted by Gasteiger charge is 2.14. The van der Waals surface area contributed by atoms with Crippen LogP contribution in [0.3, 0.4) is 0 Å². The number of benzene rings is 1. The van der Waals surface area contributed by atoms with E-state index >= 15 is 0 Å². The molecular formula is C22H22BrN3O4. The van der Waals surface area contributed by atoms with Gasteiger partial charge in [0, 0.05) is 30.3 Å². The third kappa shape index (κ3) is 5.40. The van der Waals surface area contributed by atoms with E-state index in [0.717, 1.165) is 34.7 Å². The van der Waals surface area contributed by atoms with Gasteiger partial charge in [-0.3, -0.25) is 4.79 Å². The molecule has 0 unspecified atom stereocenters. The van der Waals surface area contributed by atoms with E-state index in [2.05, 4.69) is 31.1 Å². The molecule has 3 heterocycles. The van der Waals surface area contributed by atoms with Gasteiger partial charge < -0.3 is 24.1 Å². The van der Waals surface area contributed by atoms with E-state index in [0.29, 0.717) is 25.5 Å². The highest BCUT2D eigenvalue weighted by atomic mass is 79.9. The lowest BCUT2D eigenvalue weighted by Gasteiger charge is -2.28. The Bertz CT molecular complexity index is 984. The van der Waals surface area contributed by atoms with E-state index in [1.807, 2.05) is 36.4 Å². The predicted molar refractivity (Wildman–Crippen MR) is 116 cm³/mol. The average molecular weight is 472 g/mol. The zero-order chi connectivity index (χ0) is 20.8. The number of morpholine rings is 1. The Balaban J connectivity index is 1.29. The van der Waals surface area contributed by atoms with Crippen molar-refractivity contribution in [2.75, 3.05) is 31.2 Å². The monoisotopic (exact) mass is 471 g/mol. The maximum atomic E-state index is 12.4. The number of pyridine rings is 1. The molecule has 1 fully saturated rings. The quantitative estimate of drug-likeness (QED) is 0.564. The first-order valence-corrected chi connectivity index (χ1v) is 10.5. The summed E-state index contributed by atoms with van der Waals surface area (Å²) < 4.78 is 17.7. The first-order chi connectivity index (χ1) is 14.7. The van der Waals surface area contributed by atoms with Crippen LogP contribution in [0.2, 0.25) is 0 Å². The van der Waals surface area contributed by atoms with Crippen LogP contribution in [0.5, 0.6) is 5.75 Å². The van der Waals surface area contributed by atoms with Crippen molar-refractivity contribution >= 4 is 27.7 Å². The van der Waals surface area contributed by atoms with Crippen LogP contribution in [0.25, 0.3) is 0 Å². The second-order valence-corrected chi connectivity index (χ2v) is 7.73. The third-order valence-electron chi connectivity index (χ3n) is 4.68. The van der Waals surface area contributed by atoms with Crippen molar-refractivity contribution in [2.24, 2.45) is 0 Å². The van der Waals surface area contributed by atoms with Crippen LogP contribution in [-0.2, 0) is 17.9 Å². The molecule has 1 aliphatic rings. The first-order valence-electron chi connectivity index (χ1n) is 9.70. The zero-order valence-corrected chi connectivity index (χ0v) is 17.9. The van der Waals surface area contributed by atoms with Gasteiger partial charge in [-0.15, -0.1) is 0 Å². The van der Waals surface area contributed by atoms with Crippen LogP contribution in [-0.4, -0.2) is 37.2 Å². The summed E-state index contributed by atoms with van der Waals surface area (Å²) in [4.78, 5) is 19.0. The molecule has 4 rings (SSSR count). The Labute approximate surface area is 183 Å². The molecule has 1 aliphatic heterocycles. The van der Waals surface area contributed by atoms with Crippen molar-refractivity contribution in [3.05, 3.63) is 76.3 Å². The van der Waals surface area contributed by atoms with Gasteiger partial charge in [-0.1, -0.05) is 15.9 Å². The minimum atomic E-state index is -0.269. The number of rotatable bonds is 7. The molecule has 0 atom stereocenters. The van der Waals surface area contributed by atoms with Crippen molar-refractivity contribution in [1.82, 2.24) is 10.3 Å². The molecule has 30 heavy (non-hydrogen) atoms. The zero-order valence-electron chi connectivity index (χ0n) is 16.3. The van der Waals surface area contributed by atoms with Gasteiger partial charge in [0.05, 0.1) is 13.2 Å². The maximum absolute atomic E-state index is 12.4. The lowest BCUT2D eigenvalue weighted by molar-refractivity contribution is 0.0919. The number of nitrogens with zero attached hydrogens (tertiary/aromatic N) is 2. The summed E-state index contributed by atoms with van der Waals surface area (Å²) in [7, 11) is 0. The van der Waals surface area contributed by atoms with E-state index in [-0.39, 0.29) is 18.3 Å². The van der Waals surface area contributed by atoms with E-state index in [1.165, 1.54) is 0 Å². The molecule has 1 N–H and O–H groups in total. The number of halogens is 1. The Morgan fingerprint density at radius 1 is 1.13 bits per heavy atom. The van der Waals surface area contributed by atoms with Crippen LogP contribution < -0.4 is 15.0 Å². The minimum absolute atomic E-state index is 0.252. The highest BCUT2D eigenvalue weighted by molar-refractivity contribution is 9.10. The normalized spacial score (nSPS) is 13.8. The van der Waals surface area contributed by atoms with Gasteiger partial charge >= 0.3 is 0 Å². The molecule has 0 saturated carbocycles. The fourth-order valence-electron chi connectivity index (χ4n) is 3.07. The average Bonchev–Trinajstić information content (AvgIpc) is 3.27. The SMILES string of the molecule is O=C(NCc1ccnc(N2CCOCC2)c1)c1ccc(COc2ccc(Br)cc2)o1. The second-order valence-electron chi connectivity index (χ2n) is 6.81. The highest BCUT2D eigenvalue weighted by Crippen LogP contribution is 2.18. The van der Waals surface area contributed by atoms with Gasteiger partial charge in [-0.2, -0.15) is 0 Å². The second kappa shape index (κ2) is 9.77. The fourth-order valence-corrected chi connectivity index (χ4v) is 3.33. The summed E-state index contributed by atoms with van der Waals surface area (Å²) in [5, 5.41) is 2.89. The molecular weight excluding hydrogens is 450 g/mol. The van der Waals surface area contributed by atoms with E-state index < -0.39 is 0 Å². The number of nitrogens with one attached hydrogen (secondary N) is 1. The maximum Gasteiger partial charge on any atom is 0.287 e. The lowest BCUT2D eigenvalue weighted by Crippen LogP contribution is -2.36. The number of hydrogen-bond donors (Lipinski definition) is 1. The van der Waals surface area contributed by atoms with Gasteiger partial charge in [0.1, 0.15) is 23.9 Å². The molecule has 1 aromatic carbocycles. The Hall–Kier alpha value is -2.84. The Kier molecular flexibility index (Phi) is 6.66. The standard InChI is InChI=1S/C22H22BrN3O4/c23-17-1-3-18(4-2-17)29-15-19-5-6-20(30-19)22(27)25-14-16-7-8-24-21(13-16)26-9-11-28-12-10-26/h1-8,13H,9-12,14-15H2,(H,25,27). The van der Waals surface area contributed by atoms with Crippen molar-refractivity contribution in [2.45, 2.75) is 13.2 Å². The minimum Gasteiger partial charge on any atom is -0.486 e. The molecule has 0 spiro atoms. The van der Waals surface area contributed by atoms with E-state index in [1.54, 1.807) is 18.3 Å². The molecule has 0 bridgehead atoms. The molecule has 0 aliphatic carbocycles. The summed E-state index contributed by atoms with van der Waals surface area (Å²) in [5.74, 6) is 2.20. The van der Waals surface area contributed by atoms with Crippen LogP contribution in [0.1, 0.15) is 21.9 Å². The molecule has 7 nitrogen and oxygen atoms in total.